The molecular weight excluding hydrogens is 334 g/mol. The zero-order valence-electron chi connectivity index (χ0n) is 13.0. The molecule has 0 fully saturated rings. The lowest BCUT2D eigenvalue weighted by molar-refractivity contribution is 0.995. The van der Waals surface area contributed by atoms with E-state index < -0.39 is 0 Å². The fourth-order valence-electron chi connectivity index (χ4n) is 2.80. The number of aromatic amines is 1. The molecule has 0 aliphatic heterocycles. The number of nitrogens with zero attached hydrogens (tertiary/aromatic N) is 5. The van der Waals surface area contributed by atoms with E-state index in [0.717, 1.165) is 33.7 Å². The molecule has 1 aromatic carbocycles. The molecule has 0 aliphatic rings. The Morgan fingerprint density at radius 2 is 2.08 bits per heavy atom. The maximum absolute atomic E-state index is 4.57. The molecule has 2 N–H and O–H groups in total. The van der Waals surface area contributed by atoms with Gasteiger partial charge in [-0.3, -0.25) is 4.57 Å². The van der Waals surface area contributed by atoms with Crippen molar-refractivity contribution < 1.29 is 0 Å². The van der Waals surface area contributed by atoms with Crippen LogP contribution < -0.4 is 5.32 Å². The van der Waals surface area contributed by atoms with Gasteiger partial charge in [0.2, 0.25) is 0 Å². The molecular formula is C17H13N7S. The largest absolute Gasteiger partial charge is 0.361 e. The fourth-order valence-corrected chi connectivity index (χ4v) is 3.43. The quantitative estimate of drug-likeness (QED) is 0.521. The van der Waals surface area contributed by atoms with Gasteiger partial charge in [-0.15, -0.1) is 0 Å². The standard InChI is InChI=1S/C17H13N7S/c1-2-4-13-12(3-1)22-14(23-13)7-18-16-15-17(20-9-19-16)24(10-21-15)11-5-6-25-8-11/h1-6,8-10H,7H2,(H,22,23)(H,18,19,20). The first-order chi connectivity index (χ1) is 12.4. The van der Waals surface area contributed by atoms with Gasteiger partial charge in [-0.1, -0.05) is 12.1 Å². The Morgan fingerprint density at radius 1 is 1.12 bits per heavy atom. The lowest BCUT2D eigenvalue weighted by Crippen LogP contribution is -2.04. The highest BCUT2D eigenvalue weighted by molar-refractivity contribution is 7.08. The minimum absolute atomic E-state index is 0.534. The number of thiophene rings is 1. The van der Waals surface area contributed by atoms with E-state index in [-0.39, 0.29) is 0 Å². The molecule has 0 saturated carbocycles. The van der Waals surface area contributed by atoms with E-state index in [4.69, 9.17) is 0 Å². The maximum Gasteiger partial charge on any atom is 0.170 e. The highest BCUT2D eigenvalue weighted by atomic mass is 32.1. The third-order valence-electron chi connectivity index (χ3n) is 3.98. The van der Waals surface area contributed by atoms with E-state index in [0.29, 0.717) is 12.4 Å². The Bertz CT molecular complexity index is 1120. The molecule has 0 radical (unpaired) electrons. The van der Waals surface area contributed by atoms with Crippen LogP contribution in [0.5, 0.6) is 0 Å². The lowest BCUT2D eigenvalue weighted by Gasteiger charge is -2.04. The minimum atomic E-state index is 0.534. The summed E-state index contributed by atoms with van der Waals surface area (Å²) in [4.78, 5) is 21.1. The van der Waals surface area contributed by atoms with Crippen molar-refractivity contribution in [3.05, 3.63) is 59.6 Å². The van der Waals surface area contributed by atoms with E-state index in [1.54, 1.807) is 24.0 Å². The number of hydrogen-bond donors (Lipinski definition) is 2. The first kappa shape index (κ1) is 14.1. The van der Waals surface area contributed by atoms with Gasteiger partial charge in [-0.05, 0) is 23.6 Å². The zero-order chi connectivity index (χ0) is 16.6. The van der Waals surface area contributed by atoms with Crippen LogP contribution in [0.15, 0.2) is 53.7 Å². The van der Waals surface area contributed by atoms with Gasteiger partial charge in [0.1, 0.15) is 18.5 Å². The van der Waals surface area contributed by atoms with Crippen molar-refractivity contribution in [2.45, 2.75) is 6.54 Å². The number of aromatic nitrogens is 6. The first-order valence-corrected chi connectivity index (χ1v) is 8.71. The van der Waals surface area contributed by atoms with Gasteiger partial charge in [-0.2, -0.15) is 11.3 Å². The van der Waals surface area contributed by atoms with Crippen LogP contribution in [-0.2, 0) is 6.54 Å². The predicted molar refractivity (Wildman–Crippen MR) is 98.0 cm³/mol. The van der Waals surface area contributed by atoms with Gasteiger partial charge >= 0.3 is 0 Å². The molecule has 122 valence electrons. The highest BCUT2D eigenvalue weighted by Crippen LogP contribution is 2.22. The Balaban J connectivity index is 1.46. The molecule has 0 bridgehead atoms. The molecule has 4 aromatic heterocycles. The molecule has 0 unspecified atom stereocenters. The number of fused-ring (bicyclic) bond motifs is 2. The topological polar surface area (TPSA) is 84.3 Å². The van der Waals surface area contributed by atoms with Crippen molar-refractivity contribution in [2.75, 3.05) is 5.32 Å². The second-order valence-electron chi connectivity index (χ2n) is 5.54. The Morgan fingerprint density at radius 3 is 2.96 bits per heavy atom. The summed E-state index contributed by atoms with van der Waals surface area (Å²) in [6.07, 6.45) is 3.32. The summed E-state index contributed by atoms with van der Waals surface area (Å²) in [6.45, 7) is 0.534. The van der Waals surface area contributed by atoms with Crippen molar-refractivity contribution in [2.24, 2.45) is 0 Å². The molecule has 0 amide bonds. The van der Waals surface area contributed by atoms with Gasteiger partial charge in [0, 0.05) is 5.38 Å². The van der Waals surface area contributed by atoms with Crippen molar-refractivity contribution in [3.63, 3.8) is 0 Å². The van der Waals surface area contributed by atoms with Crippen molar-refractivity contribution in [3.8, 4) is 5.69 Å². The summed E-state index contributed by atoms with van der Waals surface area (Å²) in [5.41, 5.74) is 4.54. The van der Waals surface area contributed by atoms with E-state index in [1.165, 1.54) is 0 Å². The Hall–Kier alpha value is -3.26. The molecule has 0 saturated heterocycles. The summed E-state index contributed by atoms with van der Waals surface area (Å²) in [6, 6.07) is 10.0. The lowest BCUT2D eigenvalue weighted by atomic mass is 10.3. The minimum Gasteiger partial charge on any atom is -0.361 e. The molecule has 5 rings (SSSR count). The molecule has 4 heterocycles. The SMILES string of the molecule is c1ccc2[nH]c(CNc3ncnc4c3ncn4-c3ccsc3)nc2c1. The number of H-pyrrole nitrogens is 1. The van der Waals surface area contributed by atoms with Gasteiger partial charge in [0.05, 0.1) is 23.3 Å². The summed E-state index contributed by atoms with van der Waals surface area (Å²) in [5.74, 6) is 1.55. The third kappa shape index (κ3) is 2.43. The van der Waals surface area contributed by atoms with Gasteiger partial charge < -0.3 is 10.3 Å². The van der Waals surface area contributed by atoms with Crippen LogP contribution in [0.1, 0.15) is 5.82 Å². The molecule has 25 heavy (non-hydrogen) atoms. The number of anilines is 1. The predicted octanol–water partition coefficient (Wildman–Crippen LogP) is 3.37. The third-order valence-corrected chi connectivity index (χ3v) is 4.65. The van der Waals surface area contributed by atoms with E-state index in [2.05, 4.69) is 35.6 Å². The zero-order valence-corrected chi connectivity index (χ0v) is 13.9. The number of imidazole rings is 2. The van der Waals surface area contributed by atoms with E-state index >= 15 is 0 Å². The van der Waals surface area contributed by atoms with Gasteiger partial charge in [0.15, 0.2) is 17.0 Å². The van der Waals surface area contributed by atoms with Crippen LogP contribution >= 0.6 is 11.3 Å². The first-order valence-electron chi connectivity index (χ1n) is 7.76. The average Bonchev–Trinajstić information content (AvgIpc) is 3.37. The van der Waals surface area contributed by atoms with Crippen LogP contribution in [0.3, 0.4) is 0 Å². The maximum atomic E-state index is 4.57. The van der Waals surface area contributed by atoms with E-state index in [9.17, 15) is 0 Å². The summed E-state index contributed by atoms with van der Waals surface area (Å²) >= 11 is 1.64. The van der Waals surface area contributed by atoms with Gasteiger partial charge in [0.25, 0.3) is 0 Å². The fraction of sp³-hybridized carbons (Fsp3) is 0.0588. The average molecular weight is 347 g/mol. The summed E-state index contributed by atoms with van der Waals surface area (Å²) < 4.78 is 1.96. The van der Waals surface area contributed by atoms with Crippen LogP contribution in [0.2, 0.25) is 0 Å². The smallest absolute Gasteiger partial charge is 0.170 e. The molecule has 8 heteroatoms. The van der Waals surface area contributed by atoms with Crippen LogP contribution in [-0.4, -0.2) is 29.5 Å². The highest BCUT2D eigenvalue weighted by Gasteiger charge is 2.12. The molecule has 0 spiro atoms. The molecule has 5 aromatic rings. The van der Waals surface area contributed by atoms with Crippen molar-refractivity contribution in [1.82, 2.24) is 29.5 Å². The monoisotopic (exact) mass is 347 g/mol. The van der Waals surface area contributed by atoms with Gasteiger partial charge in [-0.25, -0.2) is 19.9 Å². The van der Waals surface area contributed by atoms with Crippen LogP contribution in [0, 0.1) is 0 Å². The normalized spacial score (nSPS) is 11.4. The Kier molecular flexibility index (Phi) is 3.20. The molecule has 0 atom stereocenters. The summed E-state index contributed by atoms with van der Waals surface area (Å²) in [7, 11) is 0. The van der Waals surface area contributed by atoms with Crippen LogP contribution in [0.4, 0.5) is 5.82 Å². The molecule has 7 nitrogen and oxygen atoms in total. The van der Waals surface area contributed by atoms with Crippen molar-refractivity contribution >= 4 is 39.4 Å². The van der Waals surface area contributed by atoms with Crippen molar-refractivity contribution in [1.29, 1.82) is 0 Å². The molecule has 0 aliphatic carbocycles. The number of para-hydroxylation sites is 2. The number of hydrogen-bond acceptors (Lipinski definition) is 6. The number of nitrogens with one attached hydrogen (secondary N) is 2. The second kappa shape index (κ2) is 5.67. The second-order valence-corrected chi connectivity index (χ2v) is 6.32. The summed E-state index contributed by atoms with van der Waals surface area (Å²) in [5, 5.41) is 7.40. The Labute approximate surface area is 146 Å². The van der Waals surface area contributed by atoms with Crippen LogP contribution in [0.25, 0.3) is 27.9 Å². The number of benzene rings is 1. The number of rotatable bonds is 4. The van der Waals surface area contributed by atoms with E-state index in [1.807, 2.05) is 40.3 Å².